The smallest absolute Gasteiger partial charge is 0.271 e. The van der Waals surface area contributed by atoms with Crippen LogP contribution >= 0.6 is 27.3 Å². The molecule has 1 aliphatic rings. The minimum atomic E-state index is -0.229. The average molecular weight is 352 g/mol. The number of nitrogens with two attached hydrogens (primary N) is 1. The van der Waals surface area contributed by atoms with Crippen molar-refractivity contribution in [3.8, 4) is 0 Å². The van der Waals surface area contributed by atoms with Crippen LogP contribution in [0.2, 0.25) is 0 Å². The maximum Gasteiger partial charge on any atom is 0.271 e. The summed E-state index contributed by atoms with van der Waals surface area (Å²) in [6.45, 7) is 0.370. The molecule has 0 unspecified atom stereocenters. The number of nitrogens with zero attached hydrogens (tertiary/aromatic N) is 1. The average Bonchev–Trinajstić information content (AvgIpc) is 3.06. The van der Waals surface area contributed by atoms with Crippen molar-refractivity contribution in [2.75, 3.05) is 0 Å². The summed E-state index contributed by atoms with van der Waals surface area (Å²) < 4.78 is 1.02. The third-order valence-corrected chi connectivity index (χ3v) is 4.80. The van der Waals surface area contributed by atoms with E-state index in [1.165, 1.54) is 11.3 Å². The molecule has 0 bridgehead atoms. The Bertz CT molecular complexity index is 651. The van der Waals surface area contributed by atoms with Gasteiger partial charge < -0.3 is 11.1 Å². The summed E-state index contributed by atoms with van der Waals surface area (Å²) in [5.74, 6) is -0.126. The van der Waals surface area contributed by atoms with Gasteiger partial charge >= 0.3 is 0 Å². The van der Waals surface area contributed by atoms with Gasteiger partial charge in [0.15, 0.2) is 0 Å². The number of nitrogens with one attached hydrogen (secondary N) is 1. The predicted molar refractivity (Wildman–Crippen MR) is 82.5 cm³/mol. The summed E-state index contributed by atoms with van der Waals surface area (Å²) in [6, 6.07) is 8.07. The molecule has 0 aliphatic heterocycles. The summed E-state index contributed by atoms with van der Waals surface area (Å²) >= 11 is 4.89. The Morgan fingerprint density at radius 3 is 2.90 bits per heavy atom. The first-order valence-electron chi connectivity index (χ1n) is 6.36. The topological polar surface area (TPSA) is 68.0 Å². The summed E-state index contributed by atoms with van der Waals surface area (Å²) in [5, 5.41) is 5.65. The van der Waals surface area contributed by atoms with Gasteiger partial charge in [-0.15, -0.1) is 11.3 Å². The molecule has 104 valence electrons. The number of thiazole rings is 1. The first-order chi connectivity index (χ1) is 9.63. The molecule has 4 nitrogen and oxygen atoms in total. The van der Waals surface area contributed by atoms with Crippen LogP contribution in [0.15, 0.2) is 34.1 Å². The number of hydrogen-bond donors (Lipinski definition) is 2. The number of rotatable bonds is 4. The first-order valence-corrected chi connectivity index (χ1v) is 8.03. The first kappa shape index (κ1) is 13.7. The van der Waals surface area contributed by atoms with E-state index in [1.807, 2.05) is 18.2 Å². The summed E-state index contributed by atoms with van der Waals surface area (Å²) in [6.07, 6.45) is 1.92. The molecule has 1 aliphatic carbocycles. The lowest BCUT2D eigenvalue weighted by molar-refractivity contribution is 0.0926. The van der Waals surface area contributed by atoms with Crippen LogP contribution < -0.4 is 11.1 Å². The molecule has 1 saturated carbocycles. The van der Waals surface area contributed by atoms with Gasteiger partial charge in [0.05, 0.1) is 5.54 Å². The maximum atomic E-state index is 12.3. The fraction of sp³-hybridized carbons (Fsp3) is 0.286. The molecule has 6 heteroatoms. The van der Waals surface area contributed by atoms with E-state index in [4.69, 9.17) is 5.73 Å². The molecular formula is C14H14BrN3OS. The van der Waals surface area contributed by atoms with Crippen LogP contribution in [0.1, 0.15) is 33.9 Å². The fourth-order valence-electron chi connectivity index (χ4n) is 2.19. The van der Waals surface area contributed by atoms with Crippen molar-refractivity contribution in [2.24, 2.45) is 5.73 Å². The molecule has 3 N–H and O–H groups in total. The Hall–Kier alpha value is -1.24. The molecule has 1 fully saturated rings. The van der Waals surface area contributed by atoms with Gasteiger partial charge in [-0.25, -0.2) is 4.98 Å². The molecule has 20 heavy (non-hydrogen) atoms. The van der Waals surface area contributed by atoms with E-state index < -0.39 is 0 Å². The Balaban J connectivity index is 1.78. The van der Waals surface area contributed by atoms with Crippen molar-refractivity contribution in [3.63, 3.8) is 0 Å². The highest BCUT2D eigenvalue weighted by molar-refractivity contribution is 9.10. The van der Waals surface area contributed by atoms with Gasteiger partial charge in [-0.2, -0.15) is 0 Å². The number of hydrogen-bond acceptors (Lipinski definition) is 4. The number of carbonyl (C=O) groups is 1. The number of benzene rings is 1. The van der Waals surface area contributed by atoms with Crippen molar-refractivity contribution < 1.29 is 4.79 Å². The third kappa shape index (κ3) is 2.63. The molecule has 1 aromatic heterocycles. The van der Waals surface area contributed by atoms with Gasteiger partial charge in [0.2, 0.25) is 0 Å². The summed E-state index contributed by atoms with van der Waals surface area (Å²) in [5.41, 5.74) is 6.88. The molecule has 0 saturated heterocycles. The lowest BCUT2D eigenvalue weighted by atomic mass is 10.1. The van der Waals surface area contributed by atoms with Gasteiger partial charge in [-0.05, 0) is 30.5 Å². The Labute approximate surface area is 129 Å². The summed E-state index contributed by atoms with van der Waals surface area (Å²) in [4.78, 5) is 16.5. The van der Waals surface area contributed by atoms with E-state index in [0.29, 0.717) is 12.2 Å². The maximum absolute atomic E-state index is 12.3. The molecule has 0 spiro atoms. The van der Waals surface area contributed by atoms with Crippen molar-refractivity contribution in [1.29, 1.82) is 0 Å². The van der Waals surface area contributed by atoms with Crippen molar-refractivity contribution >= 4 is 33.2 Å². The van der Waals surface area contributed by atoms with Crippen LogP contribution in [0.5, 0.6) is 0 Å². The van der Waals surface area contributed by atoms with Gasteiger partial charge in [0.1, 0.15) is 10.7 Å². The van der Waals surface area contributed by atoms with Crippen molar-refractivity contribution in [3.05, 3.63) is 50.4 Å². The van der Waals surface area contributed by atoms with E-state index in [2.05, 4.69) is 32.3 Å². The Morgan fingerprint density at radius 1 is 1.50 bits per heavy atom. The van der Waals surface area contributed by atoms with Crippen molar-refractivity contribution in [2.45, 2.75) is 24.9 Å². The van der Waals surface area contributed by atoms with E-state index >= 15 is 0 Å². The van der Waals surface area contributed by atoms with Crippen LogP contribution in [-0.4, -0.2) is 10.9 Å². The van der Waals surface area contributed by atoms with Crippen LogP contribution in [0.25, 0.3) is 0 Å². The number of carbonyl (C=O) groups excluding carboxylic acids is 1. The quantitative estimate of drug-likeness (QED) is 0.889. The monoisotopic (exact) mass is 351 g/mol. The van der Waals surface area contributed by atoms with Crippen LogP contribution in [-0.2, 0) is 12.1 Å². The minimum Gasteiger partial charge on any atom is -0.341 e. The second-order valence-corrected chi connectivity index (χ2v) is 6.74. The van der Waals surface area contributed by atoms with Gasteiger partial charge in [-0.3, -0.25) is 4.79 Å². The fourth-order valence-corrected chi connectivity index (χ4v) is 3.24. The predicted octanol–water partition coefficient (Wildman–Crippen LogP) is 2.78. The van der Waals surface area contributed by atoms with Gasteiger partial charge in [-0.1, -0.05) is 28.1 Å². The number of halogens is 1. The highest BCUT2D eigenvalue weighted by Gasteiger charge is 2.46. The van der Waals surface area contributed by atoms with Crippen molar-refractivity contribution in [1.82, 2.24) is 10.3 Å². The van der Waals surface area contributed by atoms with Crippen LogP contribution in [0.4, 0.5) is 0 Å². The molecule has 3 rings (SSSR count). The molecule has 1 heterocycles. The lowest BCUT2D eigenvalue weighted by Crippen LogP contribution is -2.35. The second kappa shape index (κ2) is 5.27. The summed E-state index contributed by atoms with van der Waals surface area (Å²) in [7, 11) is 0. The Kier molecular flexibility index (Phi) is 3.62. The second-order valence-electron chi connectivity index (χ2n) is 4.88. The molecule has 0 radical (unpaired) electrons. The highest BCUT2D eigenvalue weighted by atomic mass is 79.9. The SMILES string of the molecule is NCc1nc(C(=O)NC2(c3cccc(Br)c3)CC2)cs1. The van der Waals surface area contributed by atoms with Gasteiger partial charge in [0.25, 0.3) is 5.91 Å². The van der Waals surface area contributed by atoms with E-state index in [1.54, 1.807) is 5.38 Å². The number of aromatic nitrogens is 1. The molecule has 1 amide bonds. The zero-order valence-corrected chi connectivity index (χ0v) is 13.1. The van der Waals surface area contributed by atoms with E-state index in [9.17, 15) is 4.79 Å². The normalized spacial score (nSPS) is 15.9. The van der Waals surface area contributed by atoms with Crippen LogP contribution in [0.3, 0.4) is 0 Å². The lowest BCUT2D eigenvalue weighted by Gasteiger charge is -2.17. The molecule has 1 aromatic carbocycles. The van der Waals surface area contributed by atoms with Crippen LogP contribution in [0, 0.1) is 0 Å². The van der Waals surface area contributed by atoms with Gasteiger partial charge in [0, 0.05) is 16.4 Å². The minimum absolute atomic E-state index is 0.126. The zero-order valence-electron chi connectivity index (χ0n) is 10.7. The standard InChI is InChI=1S/C14H14BrN3OS/c15-10-3-1-2-9(6-10)14(4-5-14)18-13(19)11-8-20-12(7-16)17-11/h1-3,6,8H,4-5,7,16H2,(H,18,19). The molecular weight excluding hydrogens is 338 g/mol. The Morgan fingerprint density at radius 2 is 2.30 bits per heavy atom. The van der Waals surface area contributed by atoms with E-state index in [-0.39, 0.29) is 11.4 Å². The van der Waals surface area contributed by atoms with E-state index in [0.717, 1.165) is 27.9 Å². The molecule has 2 aromatic rings. The highest BCUT2D eigenvalue weighted by Crippen LogP contribution is 2.46. The largest absolute Gasteiger partial charge is 0.341 e. The number of amides is 1. The zero-order chi connectivity index (χ0) is 14.2. The molecule has 0 atom stereocenters. The third-order valence-electron chi connectivity index (χ3n) is 3.44.